The summed E-state index contributed by atoms with van der Waals surface area (Å²) in [5, 5.41) is 3.42. The van der Waals surface area contributed by atoms with Crippen LogP contribution in [0.4, 0.5) is 13.8 Å². The minimum atomic E-state index is -0.719. The van der Waals surface area contributed by atoms with Crippen LogP contribution in [0.2, 0.25) is 0 Å². The number of anilines is 1. The molecule has 176 valence electrons. The van der Waals surface area contributed by atoms with Gasteiger partial charge in [0.15, 0.2) is 5.78 Å². The van der Waals surface area contributed by atoms with Crippen LogP contribution >= 0.6 is 11.3 Å². The predicted molar refractivity (Wildman–Crippen MR) is 121 cm³/mol. The molecule has 2 heterocycles. The molecule has 1 N–H and O–H groups in total. The van der Waals surface area contributed by atoms with Gasteiger partial charge in [0.2, 0.25) is 5.91 Å². The number of halogens is 2. The first-order valence-electron chi connectivity index (χ1n) is 11.2. The quantitative estimate of drug-likeness (QED) is 0.478. The molecule has 1 amide bonds. The van der Waals surface area contributed by atoms with Crippen molar-refractivity contribution < 1.29 is 27.9 Å². The number of hydrogen-bond acceptors (Lipinski definition) is 6. The number of likely N-dealkylation sites (tertiary alicyclic amines) is 1. The molecule has 0 spiro atoms. The zero-order valence-corrected chi connectivity index (χ0v) is 19.2. The summed E-state index contributed by atoms with van der Waals surface area (Å²) in [7, 11) is 0. The van der Waals surface area contributed by atoms with Crippen LogP contribution in [0, 0.1) is 17.6 Å². The molecule has 1 saturated heterocycles. The number of carbonyl (C=O) groups is 3. The van der Waals surface area contributed by atoms with E-state index >= 15 is 0 Å². The number of amides is 1. The molecule has 0 atom stereocenters. The maximum absolute atomic E-state index is 13.9. The molecule has 2 aromatic rings. The van der Waals surface area contributed by atoms with Crippen LogP contribution in [-0.4, -0.2) is 48.8 Å². The topological polar surface area (TPSA) is 75.7 Å². The highest BCUT2D eigenvalue weighted by Crippen LogP contribution is 2.39. The van der Waals surface area contributed by atoms with Gasteiger partial charge in [-0.15, -0.1) is 11.3 Å². The minimum absolute atomic E-state index is 0.125. The summed E-state index contributed by atoms with van der Waals surface area (Å²) in [5.41, 5.74) is 1.24. The highest BCUT2D eigenvalue weighted by Gasteiger charge is 2.30. The van der Waals surface area contributed by atoms with E-state index in [1.54, 1.807) is 6.92 Å². The Balaban J connectivity index is 1.34. The number of piperidine rings is 1. The Labute approximate surface area is 194 Å². The number of hydrogen-bond donors (Lipinski definition) is 1. The number of Topliss-reactive ketones (excluding diaryl/α,β-unsaturated/α-hetero) is 1. The average molecular weight is 477 g/mol. The minimum Gasteiger partial charge on any atom is -0.462 e. The number of ketones is 1. The van der Waals surface area contributed by atoms with Gasteiger partial charge in [-0.2, -0.15) is 0 Å². The van der Waals surface area contributed by atoms with Gasteiger partial charge in [0, 0.05) is 10.8 Å². The van der Waals surface area contributed by atoms with E-state index in [1.807, 2.05) is 4.90 Å². The molecular weight excluding hydrogens is 450 g/mol. The third kappa shape index (κ3) is 5.14. The van der Waals surface area contributed by atoms with Gasteiger partial charge in [-0.25, -0.2) is 13.6 Å². The molecule has 4 rings (SSSR count). The number of ether oxygens (including phenoxy) is 1. The first-order chi connectivity index (χ1) is 15.9. The maximum Gasteiger partial charge on any atom is 0.341 e. The Kier molecular flexibility index (Phi) is 7.19. The smallest absolute Gasteiger partial charge is 0.341 e. The van der Waals surface area contributed by atoms with Crippen molar-refractivity contribution in [3.63, 3.8) is 0 Å². The molecular formula is C24H26F2N2O4S. The Morgan fingerprint density at radius 1 is 1.18 bits per heavy atom. The zero-order valence-electron chi connectivity index (χ0n) is 18.4. The Morgan fingerprint density at radius 3 is 2.67 bits per heavy atom. The summed E-state index contributed by atoms with van der Waals surface area (Å²) in [6.07, 6.45) is 3.63. The molecule has 2 aliphatic rings. The van der Waals surface area contributed by atoms with E-state index in [9.17, 15) is 23.2 Å². The van der Waals surface area contributed by atoms with Crippen molar-refractivity contribution in [2.24, 2.45) is 5.92 Å². The van der Waals surface area contributed by atoms with Gasteiger partial charge in [-0.05, 0) is 75.9 Å². The Bertz CT molecular complexity index is 1080. The highest BCUT2D eigenvalue weighted by atomic mass is 32.1. The molecule has 6 nitrogen and oxygen atoms in total. The third-order valence-corrected chi connectivity index (χ3v) is 7.38. The van der Waals surface area contributed by atoms with E-state index in [4.69, 9.17) is 4.74 Å². The lowest BCUT2D eigenvalue weighted by atomic mass is 9.88. The Morgan fingerprint density at radius 2 is 1.94 bits per heavy atom. The number of carbonyl (C=O) groups excluding carboxylic acids is 3. The van der Waals surface area contributed by atoms with Gasteiger partial charge < -0.3 is 10.1 Å². The van der Waals surface area contributed by atoms with E-state index in [0.29, 0.717) is 36.5 Å². The van der Waals surface area contributed by atoms with Crippen molar-refractivity contribution in [3.8, 4) is 0 Å². The lowest BCUT2D eigenvalue weighted by Crippen LogP contribution is -2.41. The van der Waals surface area contributed by atoms with E-state index in [-0.39, 0.29) is 24.6 Å². The fraction of sp³-hybridized carbons (Fsp3) is 0.458. The fourth-order valence-corrected chi connectivity index (χ4v) is 5.83. The fourth-order valence-electron chi connectivity index (χ4n) is 4.54. The zero-order chi connectivity index (χ0) is 23.5. The van der Waals surface area contributed by atoms with Crippen LogP contribution < -0.4 is 5.32 Å². The van der Waals surface area contributed by atoms with E-state index in [2.05, 4.69) is 5.32 Å². The number of fused-ring (bicyclic) bond motifs is 1. The number of benzene rings is 1. The summed E-state index contributed by atoms with van der Waals surface area (Å²) in [5.74, 6) is -2.81. The third-order valence-electron chi connectivity index (χ3n) is 6.17. The van der Waals surface area contributed by atoms with Gasteiger partial charge in [-0.3, -0.25) is 14.5 Å². The van der Waals surface area contributed by atoms with Crippen LogP contribution in [0.25, 0.3) is 0 Å². The van der Waals surface area contributed by atoms with Crippen LogP contribution in [0.1, 0.15) is 57.3 Å². The number of nitrogens with one attached hydrogen (secondary N) is 1. The molecule has 9 heteroatoms. The molecule has 0 unspecified atom stereocenters. The van der Waals surface area contributed by atoms with Crippen LogP contribution in [0.15, 0.2) is 18.2 Å². The maximum atomic E-state index is 13.9. The van der Waals surface area contributed by atoms with Gasteiger partial charge in [0.25, 0.3) is 0 Å². The average Bonchev–Trinajstić information content (AvgIpc) is 3.36. The number of nitrogens with zero attached hydrogens (tertiary/aromatic N) is 1. The van der Waals surface area contributed by atoms with Crippen molar-refractivity contribution in [1.82, 2.24) is 4.90 Å². The van der Waals surface area contributed by atoms with E-state index < -0.39 is 29.3 Å². The molecule has 1 aromatic heterocycles. The predicted octanol–water partition coefficient (Wildman–Crippen LogP) is 4.23. The monoisotopic (exact) mass is 476 g/mol. The number of esters is 1. The lowest BCUT2D eigenvalue weighted by Gasteiger charge is -2.30. The highest BCUT2D eigenvalue weighted by molar-refractivity contribution is 7.17. The molecule has 0 bridgehead atoms. The van der Waals surface area contributed by atoms with Crippen LogP contribution in [0.3, 0.4) is 0 Å². The summed E-state index contributed by atoms with van der Waals surface area (Å²) in [6, 6.07) is 2.90. The first-order valence-corrected chi connectivity index (χ1v) is 12.0. The lowest BCUT2D eigenvalue weighted by molar-refractivity contribution is -0.117. The number of aryl methyl sites for hydroxylation is 1. The molecule has 1 aliphatic carbocycles. The summed E-state index contributed by atoms with van der Waals surface area (Å²) in [6.45, 7) is 3.13. The second kappa shape index (κ2) is 10.1. The van der Waals surface area contributed by atoms with Gasteiger partial charge in [-0.1, -0.05) is 0 Å². The van der Waals surface area contributed by atoms with Crippen LogP contribution in [-0.2, 0) is 22.4 Å². The van der Waals surface area contributed by atoms with Crippen LogP contribution in [0.5, 0.6) is 0 Å². The van der Waals surface area contributed by atoms with Gasteiger partial charge in [0.1, 0.15) is 16.6 Å². The SMILES string of the molecule is CCOC(=O)c1c(NC(=O)CN2CCC(C(=O)c3cc(F)ccc3F)CC2)sc2c1CCC2. The van der Waals surface area contributed by atoms with Crippen molar-refractivity contribution in [2.45, 2.75) is 39.0 Å². The van der Waals surface area contributed by atoms with Gasteiger partial charge in [0.05, 0.1) is 24.3 Å². The molecule has 33 heavy (non-hydrogen) atoms. The number of thiophene rings is 1. The van der Waals surface area contributed by atoms with Crippen molar-refractivity contribution in [3.05, 3.63) is 51.4 Å². The number of rotatable bonds is 7. The molecule has 1 aliphatic heterocycles. The van der Waals surface area contributed by atoms with E-state index in [0.717, 1.165) is 47.9 Å². The normalized spacial score (nSPS) is 16.5. The second-order valence-corrected chi connectivity index (χ2v) is 9.47. The van der Waals surface area contributed by atoms with E-state index in [1.165, 1.54) is 11.3 Å². The summed E-state index contributed by atoms with van der Waals surface area (Å²) >= 11 is 1.44. The molecule has 0 radical (unpaired) electrons. The van der Waals surface area contributed by atoms with Crippen molar-refractivity contribution in [2.75, 3.05) is 31.6 Å². The van der Waals surface area contributed by atoms with Crippen molar-refractivity contribution in [1.29, 1.82) is 0 Å². The molecule has 0 saturated carbocycles. The summed E-state index contributed by atoms with van der Waals surface area (Å²) in [4.78, 5) is 40.8. The van der Waals surface area contributed by atoms with Gasteiger partial charge >= 0.3 is 5.97 Å². The molecule has 1 aromatic carbocycles. The first kappa shape index (κ1) is 23.5. The second-order valence-electron chi connectivity index (χ2n) is 8.37. The Hall–Kier alpha value is -2.65. The summed E-state index contributed by atoms with van der Waals surface area (Å²) < 4.78 is 32.6. The standard InChI is InChI=1S/C24H26F2N2O4S/c1-2-32-24(31)21-16-4-3-5-19(16)33-23(21)27-20(29)13-28-10-8-14(9-11-28)22(30)17-12-15(25)6-7-18(17)26/h6-7,12,14H,2-5,8-11,13H2,1H3,(H,27,29). The molecule has 1 fully saturated rings. The van der Waals surface area contributed by atoms with Crippen molar-refractivity contribution >= 4 is 34.0 Å². The largest absolute Gasteiger partial charge is 0.462 e.